The van der Waals surface area contributed by atoms with Crippen molar-refractivity contribution in [2.45, 2.75) is 43.9 Å². The first kappa shape index (κ1) is 26.6. The smallest absolute Gasteiger partial charge is 0.433 e. The van der Waals surface area contributed by atoms with Crippen LogP contribution in [0.15, 0.2) is 28.7 Å². The van der Waals surface area contributed by atoms with Crippen molar-refractivity contribution in [3.8, 4) is 17.2 Å². The predicted molar refractivity (Wildman–Crippen MR) is 135 cm³/mol. The summed E-state index contributed by atoms with van der Waals surface area (Å²) in [4.78, 5) is 23.7. The Morgan fingerprint density at radius 1 is 1.24 bits per heavy atom. The van der Waals surface area contributed by atoms with Crippen LogP contribution in [0.5, 0.6) is 5.75 Å². The zero-order chi connectivity index (χ0) is 27.4. The van der Waals surface area contributed by atoms with Gasteiger partial charge in [-0.3, -0.25) is 4.79 Å². The topological polar surface area (TPSA) is 115 Å². The first-order chi connectivity index (χ1) is 18.0. The average Bonchev–Trinajstić information content (AvgIpc) is 3.50. The maximum atomic E-state index is 13.7. The number of rotatable bonds is 6. The summed E-state index contributed by atoms with van der Waals surface area (Å²) in [5, 5.41) is 0.324. The van der Waals surface area contributed by atoms with Gasteiger partial charge in [0.2, 0.25) is 5.89 Å². The minimum Gasteiger partial charge on any atom is -0.494 e. The molecule has 0 radical (unpaired) electrons. The van der Waals surface area contributed by atoms with Crippen LogP contribution in [0.2, 0.25) is 0 Å². The number of carbonyl (C=O) groups excluding carboxylic acids is 1. The fourth-order valence-electron chi connectivity index (χ4n) is 4.98. The SMILES string of the molecule is CCC(N)c1oc(-c2ccc(OC)c3nc(C(F)(F)F)ccc23)nc1C(=O)N1CCN(S(C)=O)C2(CC2)C1. The molecule has 3 aromatic rings. The molecule has 1 saturated carbocycles. The highest BCUT2D eigenvalue weighted by Crippen LogP contribution is 2.45. The van der Waals surface area contributed by atoms with Gasteiger partial charge < -0.3 is 19.8 Å². The van der Waals surface area contributed by atoms with Gasteiger partial charge in [-0.2, -0.15) is 13.2 Å². The Labute approximate surface area is 219 Å². The minimum absolute atomic E-state index is 0.00777. The molecule has 1 aliphatic carbocycles. The Hall–Kier alpha value is -3.03. The first-order valence-corrected chi connectivity index (χ1v) is 13.7. The van der Waals surface area contributed by atoms with E-state index >= 15 is 0 Å². The van der Waals surface area contributed by atoms with Gasteiger partial charge in [-0.05, 0) is 43.5 Å². The number of nitrogens with two attached hydrogens (primary N) is 1. The predicted octanol–water partition coefficient (Wildman–Crippen LogP) is 3.91. The lowest BCUT2D eigenvalue weighted by Gasteiger charge is -2.40. The Balaban J connectivity index is 1.56. The largest absolute Gasteiger partial charge is 0.494 e. The zero-order valence-corrected chi connectivity index (χ0v) is 22.0. The fraction of sp³-hybridized carbons (Fsp3) is 0.480. The first-order valence-electron chi connectivity index (χ1n) is 12.2. The van der Waals surface area contributed by atoms with Crippen LogP contribution >= 0.6 is 0 Å². The molecule has 1 aliphatic heterocycles. The third-order valence-corrected chi connectivity index (χ3v) is 8.40. The second kappa shape index (κ2) is 9.62. The summed E-state index contributed by atoms with van der Waals surface area (Å²) in [6.45, 7) is 3.12. The van der Waals surface area contributed by atoms with E-state index < -0.39 is 28.9 Å². The van der Waals surface area contributed by atoms with Crippen molar-refractivity contribution in [2.75, 3.05) is 33.0 Å². The molecule has 13 heteroatoms. The maximum Gasteiger partial charge on any atom is 0.433 e. The number of alkyl halides is 3. The van der Waals surface area contributed by atoms with E-state index in [2.05, 4.69) is 9.97 Å². The fourth-order valence-corrected chi connectivity index (χ4v) is 6.10. The number of ether oxygens (including phenoxy) is 1. The van der Waals surface area contributed by atoms with Crippen LogP contribution in [0.1, 0.15) is 54.2 Å². The van der Waals surface area contributed by atoms with Crippen LogP contribution in [-0.2, 0) is 17.2 Å². The monoisotopic (exact) mass is 551 g/mol. The van der Waals surface area contributed by atoms with E-state index in [1.807, 2.05) is 11.2 Å². The number of aromatic nitrogens is 2. The molecule has 3 heterocycles. The molecule has 2 atom stereocenters. The van der Waals surface area contributed by atoms with E-state index in [9.17, 15) is 22.2 Å². The number of halogens is 3. The number of hydrogen-bond donors (Lipinski definition) is 1. The third-order valence-electron chi connectivity index (χ3n) is 7.21. The molecule has 2 fully saturated rings. The van der Waals surface area contributed by atoms with E-state index in [4.69, 9.17) is 14.9 Å². The zero-order valence-electron chi connectivity index (χ0n) is 21.2. The van der Waals surface area contributed by atoms with Gasteiger partial charge in [0.25, 0.3) is 5.91 Å². The Morgan fingerprint density at radius 3 is 2.58 bits per heavy atom. The summed E-state index contributed by atoms with van der Waals surface area (Å²) in [6.07, 6.45) is -0.808. The molecule has 2 aromatic heterocycles. The van der Waals surface area contributed by atoms with Crippen LogP contribution in [0.25, 0.3) is 22.4 Å². The normalized spacial score (nSPS) is 19.1. The molecule has 204 valence electrons. The quantitative estimate of drug-likeness (QED) is 0.494. The number of hydrogen-bond acceptors (Lipinski definition) is 7. The number of fused-ring (bicyclic) bond motifs is 1. The van der Waals surface area contributed by atoms with Crippen molar-refractivity contribution in [3.63, 3.8) is 0 Å². The number of oxazole rings is 1. The Bertz CT molecular complexity index is 1420. The summed E-state index contributed by atoms with van der Waals surface area (Å²) in [6, 6.07) is 4.64. The highest BCUT2D eigenvalue weighted by atomic mass is 32.2. The molecule has 1 aromatic carbocycles. The highest BCUT2D eigenvalue weighted by Gasteiger charge is 2.54. The second-order valence-electron chi connectivity index (χ2n) is 9.63. The number of methoxy groups -OCH3 is 1. The highest BCUT2D eigenvalue weighted by molar-refractivity contribution is 7.81. The Kier molecular flexibility index (Phi) is 6.72. The van der Waals surface area contributed by atoms with Crippen molar-refractivity contribution in [3.05, 3.63) is 41.4 Å². The maximum absolute atomic E-state index is 13.7. The summed E-state index contributed by atoms with van der Waals surface area (Å²) < 4.78 is 65.4. The van der Waals surface area contributed by atoms with E-state index in [1.165, 1.54) is 19.2 Å². The third kappa shape index (κ3) is 4.56. The van der Waals surface area contributed by atoms with Gasteiger partial charge in [-0.25, -0.2) is 18.5 Å². The van der Waals surface area contributed by atoms with E-state index in [-0.39, 0.29) is 40.1 Å². The molecule has 1 saturated heterocycles. The van der Waals surface area contributed by atoms with E-state index in [1.54, 1.807) is 17.2 Å². The molecular formula is C25H28F3N5O4S. The van der Waals surface area contributed by atoms with Gasteiger partial charge in [0, 0.05) is 36.8 Å². The lowest BCUT2D eigenvalue weighted by molar-refractivity contribution is -0.140. The minimum atomic E-state index is -4.63. The van der Waals surface area contributed by atoms with Crippen molar-refractivity contribution < 1.29 is 31.3 Å². The number of pyridine rings is 1. The lowest BCUT2D eigenvalue weighted by atomic mass is 10.1. The van der Waals surface area contributed by atoms with E-state index in [0.717, 1.165) is 18.9 Å². The summed E-state index contributed by atoms with van der Waals surface area (Å²) in [5.74, 6) is 0.0738. The molecule has 2 N–H and O–H groups in total. The number of carbonyl (C=O) groups is 1. The molecule has 38 heavy (non-hydrogen) atoms. The second-order valence-corrected chi connectivity index (χ2v) is 10.9. The van der Waals surface area contributed by atoms with Crippen molar-refractivity contribution in [2.24, 2.45) is 5.73 Å². The van der Waals surface area contributed by atoms with Gasteiger partial charge >= 0.3 is 6.18 Å². The van der Waals surface area contributed by atoms with Crippen LogP contribution in [-0.4, -0.2) is 67.8 Å². The molecule has 2 aliphatic rings. The van der Waals surface area contributed by atoms with Gasteiger partial charge in [-0.15, -0.1) is 0 Å². The molecule has 1 spiro atoms. The van der Waals surface area contributed by atoms with Crippen molar-refractivity contribution in [1.82, 2.24) is 19.2 Å². The van der Waals surface area contributed by atoms with Crippen molar-refractivity contribution in [1.29, 1.82) is 0 Å². The van der Waals surface area contributed by atoms with E-state index in [0.29, 0.717) is 37.0 Å². The standard InChI is InChI=1S/C25H28F3N5O4S/c1-4-16(29)21-20(23(34)32-11-12-33(38(3)35)24(13-32)9-10-24)31-22(37-21)15-5-7-17(36-2)19-14(15)6-8-18(30-19)25(26,27)28/h5-8,16H,4,9-13,29H2,1-3H3. The summed E-state index contributed by atoms with van der Waals surface area (Å²) >= 11 is 0. The number of piperazine rings is 1. The van der Waals surface area contributed by atoms with Gasteiger partial charge in [-0.1, -0.05) is 6.92 Å². The van der Waals surface area contributed by atoms with Gasteiger partial charge in [0.15, 0.2) is 11.5 Å². The van der Waals surface area contributed by atoms with Gasteiger partial charge in [0.05, 0.1) is 29.7 Å². The summed E-state index contributed by atoms with van der Waals surface area (Å²) in [7, 11) is 0.210. The molecule has 2 unspecified atom stereocenters. The van der Waals surface area contributed by atoms with Crippen molar-refractivity contribution >= 4 is 27.8 Å². The molecular weight excluding hydrogens is 523 g/mol. The molecule has 9 nitrogen and oxygen atoms in total. The number of amides is 1. The summed E-state index contributed by atoms with van der Waals surface area (Å²) in [5.41, 5.74) is 5.37. The molecule has 5 rings (SSSR count). The van der Waals surface area contributed by atoms with Crippen LogP contribution in [0, 0.1) is 0 Å². The Morgan fingerprint density at radius 2 is 1.97 bits per heavy atom. The van der Waals surface area contributed by atoms with Gasteiger partial charge in [0.1, 0.15) is 17.0 Å². The lowest BCUT2D eigenvalue weighted by Crippen LogP contribution is -2.56. The number of nitrogens with zero attached hydrogens (tertiary/aromatic N) is 4. The molecule has 1 amide bonds. The van der Waals surface area contributed by atoms with Crippen LogP contribution in [0.4, 0.5) is 13.2 Å². The van der Waals surface area contributed by atoms with Crippen LogP contribution in [0.3, 0.4) is 0 Å². The average molecular weight is 552 g/mol. The molecule has 0 bridgehead atoms. The number of benzene rings is 1. The van der Waals surface area contributed by atoms with Crippen LogP contribution < -0.4 is 10.5 Å².